The molecule has 3 rings (SSSR count). The van der Waals surface area contributed by atoms with Crippen molar-refractivity contribution in [1.82, 2.24) is 10.3 Å². The lowest BCUT2D eigenvalue weighted by atomic mass is 10.2. The van der Waals surface area contributed by atoms with Crippen LogP contribution >= 0.6 is 11.3 Å². The van der Waals surface area contributed by atoms with Crippen molar-refractivity contribution >= 4 is 17.2 Å². The first-order valence-corrected chi connectivity index (χ1v) is 8.62. The molecule has 0 saturated carbocycles. The summed E-state index contributed by atoms with van der Waals surface area (Å²) in [5.41, 5.74) is 1.50. The number of aromatic nitrogens is 1. The van der Waals surface area contributed by atoms with Gasteiger partial charge in [-0.1, -0.05) is 6.07 Å². The number of hydrogen-bond donors (Lipinski definition) is 1. The number of rotatable bonds is 6. The highest BCUT2D eigenvalue weighted by atomic mass is 32.1. The van der Waals surface area contributed by atoms with E-state index in [1.54, 1.807) is 23.5 Å². The highest BCUT2D eigenvalue weighted by molar-refractivity contribution is 7.09. The van der Waals surface area contributed by atoms with Crippen LogP contribution < -0.4 is 10.1 Å². The van der Waals surface area contributed by atoms with Crippen LogP contribution in [0.3, 0.4) is 0 Å². The monoisotopic (exact) mass is 332 g/mol. The summed E-state index contributed by atoms with van der Waals surface area (Å²) < 4.78 is 11.2. The van der Waals surface area contributed by atoms with Gasteiger partial charge >= 0.3 is 0 Å². The Labute approximate surface area is 139 Å². The molecule has 1 aliphatic rings. The van der Waals surface area contributed by atoms with Gasteiger partial charge in [0, 0.05) is 24.1 Å². The molecule has 122 valence electrons. The summed E-state index contributed by atoms with van der Waals surface area (Å²) >= 11 is 1.60. The summed E-state index contributed by atoms with van der Waals surface area (Å²) in [5, 5.41) is 5.91. The van der Waals surface area contributed by atoms with Gasteiger partial charge in [0.25, 0.3) is 5.91 Å². The first-order chi connectivity index (χ1) is 11.2. The predicted molar refractivity (Wildman–Crippen MR) is 88.9 cm³/mol. The fraction of sp³-hybridized carbons (Fsp3) is 0.412. The molecule has 2 heterocycles. The standard InChI is InChI=1S/C17H20N2O3S/c1-12-19-14(11-23-12)10-22-15-5-2-4-13(8-15)17(20)18-9-16-6-3-7-21-16/h2,4-5,8,11,16H,3,6-7,9-10H2,1H3,(H,18,20)/t16-/m0/s1. The summed E-state index contributed by atoms with van der Waals surface area (Å²) in [6, 6.07) is 7.20. The van der Waals surface area contributed by atoms with Crippen molar-refractivity contribution < 1.29 is 14.3 Å². The van der Waals surface area contributed by atoms with Gasteiger partial charge in [-0.15, -0.1) is 11.3 Å². The van der Waals surface area contributed by atoms with E-state index in [1.165, 1.54) is 0 Å². The maximum atomic E-state index is 12.2. The first-order valence-electron chi connectivity index (χ1n) is 7.74. The number of carbonyl (C=O) groups excluding carboxylic acids is 1. The number of amides is 1. The van der Waals surface area contributed by atoms with Crippen LogP contribution in [0.25, 0.3) is 0 Å². The lowest BCUT2D eigenvalue weighted by molar-refractivity contribution is 0.0857. The molecule has 0 bridgehead atoms. The van der Waals surface area contributed by atoms with Crippen molar-refractivity contribution in [2.75, 3.05) is 13.2 Å². The molecule has 0 aliphatic carbocycles. The highest BCUT2D eigenvalue weighted by Crippen LogP contribution is 2.17. The zero-order chi connectivity index (χ0) is 16.1. The van der Waals surface area contributed by atoms with Crippen molar-refractivity contribution in [2.45, 2.75) is 32.5 Å². The van der Waals surface area contributed by atoms with Crippen LogP contribution in [0.1, 0.15) is 33.9 Å². The third kappa shape index (κ3) is 4.53. The van der Waals surface area contributed by atoms with Crippen molar-refractivity contribution in [3.63, 3.8) is 0 Å². The lowest BCUT2D eigenvalue weighted by Gasteiger charge is -2.11. The van der Waals surface area contributed by atoms with Crippen LogP contribution in [0.2, 0.25) is 0 Å². The van der Waals surface area contributed by atoms with Crippen LogP contribution in [-0.4, -0.2) is 30.1 Å². The predicted octanol–water partition coefficient (Wildman–Crippen LogP) is 2.94. The molecule has 0 radical (unpaired) electrons. The molecule has 0 unspecified atom stereocenters. The number of ether oxygens (including phenoxy) is 2. The minimum Gasteiger partial charge on any atom is -0.487 e. The summed E-state index contributed by atoms with van der Waals surface area (Å²) in [6.45, 7) is 3.72. The molecule has 1 saturated heterocycles. The summed E-state index contributed by atoms with van der Waals surface area (Å²) in [4.78, 5) is 16.6. The van der Waals surface area contributed by atoms with Gasteiger partial charge in [-0.2, -0.15) is 0 Å². The summed E-state index contributed by atoms with van der Waals surface area (Å²) in [5.74, 6) is 0.566. The molecule has 0 spiro atoms. The van der Waals surface area contributed by atoms with Gasteiger partial charge in [0.15, 0.2) is 0 Å². The summed E-state index contributed by atoms with van der Waals surface area (Å²) in [7, 11) is 0. The van der Waals surface area contributed by atoms with E-state index in [9.17, 15) is 4.79 Å². The topological polar surface area (TPSA) is 60.5 Å². The Morgan fingerprint density at radius 2 is 2.43 bits per heavy atom. The Balaban J connectivity index is 1.54. The van der Waals surface area contributed by atoms with Crippen molar-refractivity contribution in [3.05, 3.63) is 45.9 Å². The van der Waals surface area contributed by atoms with Gasteiger partial charge in [0.1, 0.15) is 12.4 Å². The zero-order valence-electron chi connectivity index (χ0n) is 13.1. The van der Waals surface area contributed by atoms with Crippen molar-refractivity contribution in [1.29, 1.82) is 0 Å². The zero-order valence-corrected chi connectivity index (χ0v) is 13.9. The number of nitrogens with one attached hydrogen (secondary N) is 1. The second-order valence-corrected chi connectivity index (χ2v) is 6.58. The molecule has 5 nitrogen and oxygen atoms in total. The van der Waals surface area contributed by atoms with Crippen LogP contribution in [0, 0.1) is 6.92 Å². The third-order valence-corrected chi connectivity index (χ3v) is 4.49. The molecule has 1 N–H and O–H groups in total. The number of nitrogens with zero attached hydrogens (tertiary/aromatic N) is 1. The molecule has 2 aromatic rings. The lowest BCUT2D eigenvalue weighted by Crippen LogP contribution is -2.31. The van der Waals surface area contributed by atoms with E-state index in [2.05, 4.69) is 10.3 Å². The third-order valence-electron chi connectivity index (χ3n) is 3.66. The largest absolute Gasteiger partial charge is 0.487 e. The number of hydrogen-bond acceptors (Lipinski definition) is 5. The molecule has 1 aromatic carbocycles. The minimum atomic E-state index is -0.101. The Bertz CT molecular complexity index is 665. The molecular weight excluding hydrogens is 312 g/mol. The van der Waals surface area contributed by atoms with Gasteiger partial charge < -0.3 is 14.8 Å². The van der Waals surface area contributed by atoms with Crippen LogP contribution in [0.5, 0.6) is 5.75 Å². The van der Waals surface area contributed by atoms with E-state index in [-0.39, 0.29) is 12.0 Å². The smallest absolute Gasteiger partial charge is 0.251 e. The van der Waals surface area contributed by atoms with E-state index in [0.29, 0.717) is 24.5 Å². The number of thiazole rings is 1. The van der Waals surface area contributed by atoms with E-state index in [1.807, 2.05) is 24.4 Å². The van der Waals surface area contributed by atoms with Crippen LogP contribution in [-0.2, 0) is 11.3 Å². The van der Waals surface area contributed by atoms with Crippen LogP contribution in [0.4, 0.5) is 0 Å². The maximum absolute atomic E-state index is 12.2. The molecule has 1 atom stereocenters. The number of benzene rings is 1. The number of carbonyl (C=O) groups is 1. The molecule has 1 aromatic heterocycles. The number of aryl methyl sites for hydroxylation is 1. The molecule has 1 amide bonds. The fourth-order valence-corrected chi connectivity index (χ4v) is 3.07. The molecule has 6 heteroatoms. The highest BCUT2D eigenvalue weighted by Gasteiger charge is 2.16. The maximum Gasteiger partial charge on any atom is 0.251 e. The Morgan fingerprint density at radius 3 is 3.17 bits per heavy atom. The minimum absolute atomic E-state index is 0.101. The van der Waals surface area contributed by atoms with E-state index in [4.69, 9.17) is 9.47 Å². The molecule has 1 aliphatic heterocycles. The molecule has 1 fully saturated rings. The van der Waals surface area contributed by atoms with Crippen molar-refractivity contribution in [3.8, 4) is 5.75 Å². The normalized spacial score (nSPS) is 17.2. The Morgan fingerprint density at radius 1 is 1.52 bits per heavy atom. The van der Waals surface area contributed by atoms with E-state index < -0.39 is 0 Å². The van der Waals surface area contributed by atoms with Gasteiger partial charge in [-0.3, -0.25) is 4.79 Å². The summed E-state index contributed by atoms with van der Waals surface area (Å²) in [6.07, 6.45) is 2.22. The first kappa shape index (κ1) is 16.0. The molecule has 23 heavy (non-hydrogen) atoms. The average Bonchev–Trinajstić information content (AvgIpc) is 3.22. The quantitative estimate of drug-likeness (QED) is 0.883. The fourth-order valence-electron chi connectivity index (χ4n) is 2.47. The molecular formula is C17H20N2O3S. The Hall–Kier alpha value is -1.92. The van der Waals surface area contributed by atoms with Crippen LogP contribution in [0.15, 0.2) is 29.6 Å². The van der Waals surface area contributed by atoms with Gasteiger partial charge in [-0.25, -0.2) is 4.98 Å². The average molecular weight is 332 g/mol. The van der Waals surface area contributed by atoms with E-state index in [0.717, 1.165) is 30.2 Å². The van der Waals surface area contributed by atoms with Crippen molar-refractivity contribution in [2.24, 2.45) is 0 Å². The Kier molecular flexibility index (Phi) is 5.25. The SMILES string of the molecule is Cc1nc(COc2cccc(C(=O)NC[C@@H]3CCCO3)c2)cs1. The second-order valence-electron chi connectivity index (χ2n) is 5.52. The van der Waals surface area contributed by atoms with Gasteiger partial charge in [-0.05, 0) is 38.0 Å². The van der Waals surface area contributed by atoms with Gasteiger partial charge in [0.05, 0.1) is 16.8 Å². The second kappa shape index (κ2) is 7.57. The van der Waals surface area contributed by atoms with Gasteiger partial charge in [0.2, 0.25) is 0 Å². The van der Waals surface area contributed by atoms with E-state index >= 15 is 0 Å².